The Kier molecular flexibility index (Phi) is 23.0. The number of rotatable bonds is 10. The van der Waals surface area contributed by atoms with Gasteiger partial charge in [0.2, 0.25) is 0 Å². The minimum absolute atomic E-state index is 0. The molecule has 2 aromatic carbocycles. The van der Waals surface area contributed by atoms with Gasteiger partial charge < -0.3 is 34.8 Å². The molecule has 6 rings (SSSR count). The average Bonchev–Trinajstić information content (AvgIpc) is 3.67. The maximum absolute atomic E-state index is 13.4. The van der Waals surface area contributed by atoms with Crippen molar-refractivity contribution in [3.8, 4) is 5.40 Å². The van der Waals surface area contributed by atoms with Crippen LogP contribution in [0.4, 0.5) is 11.4 Å². The first-order valence-corrected chi connectivity index (χ1v) is 22.4. The van der Waals surface area contributed by atoms with E-state index in [0.29, 0.717) is 29.8 Å². The van der Waals surface area contributed by atoms with Gasteiger partial charge in [0.1, 0.15) is 10.9 Å². The number of thiocyanates is 1. The Morgan fingerprint density at radius 3 is 1.75 bits per heavy atom. The normalized spacial score (nSPS) is 28.1. The van der Waals surface area contributed by atoms with Gasteiger partial charge >= 0.3 is 41.5 Å². The maximum atomic E-state index is 13.4. The predicted octanol–water partition coefficient (Wildman–Crippen LogP) is 5.89. The third-order valence-electron chi connectivity index (χ3n) is 13.1. The molecule has 13 nitrogen and oxygen atoms in total. The molecule has 0 amide bonds. The predicted molar refractivity (Wildman–Crippen MR) is 240 cm³/mol. The molecule has 0 saturated heterocycles. The molecule has 2 spiro atoms. The fraction of sp³-hybridized carbons (Fsp3) is 0.578. The van der Waals surface area contributed by atoms with Gasteiger partial charge in [0.15, 0.2) is 19.9 Å². The van der Waals surface area contributed by atoms with Crippen LogP contribution in [0.5, 0.6) is 0 Å². The Bertz CT molecular complexity index is 2050. The summed E-state index contributed by atoms with van der Waals surface area (Å²) in [5.41, 5.74) is 9.61. The number of nitrogens with zero attached hydrogens (tertiary/aromatic N) is 3. The second kappa shape index (κ2) is 25.8. The molecule has 0 aliphatic heterocycles. The van der Waals surface area contributed by atoms with Gasteiger partial charge in [-0.2, -0.15) is 5.26 Å². The van der Waals surface area contributed by atoms with Crippen LogP contribution in [-0.4, -0.2) is 61.8 Å². The minimum Gasteiger partial charge on any atom is -0.662 e. The molecule has 4 aliphatic rings. The number of hydrogen-bond acceptors (Lipinski definition) is 13. The molecular weight excluding hydrogens is 899 g/mol. The molecule has 63 heavy (non-hydrogen) atoms. The van der Waals surface area contributed by atoms with E-state index in [0.717, 1.165) is 98.2 Å². The Morgan fingerprint density at radius 2 is 1.32 bits per heavy atom. The van der Waals surface area contributed by atoms with E-state index in [1.54, 1.807) is 46.3 Å². The van der Waals surface area contributed by atoms with Gasteiger partial charge in [-0.15, -0.1) is 0 Å². The summed E-state index contributed by atoms with van der Waals surface area (Å²) in [6.07, 6.45) is 8.79. The molecule has 336 valence electrons. The summed E-state index contributed by atoms with van der Waals surface area (Å²) >= 11 is 14.6. The number of hydrogen-bond donors (Lipinski definition) is 1. The number of carbonyl (C=O) groups excluding carboxylic acids is 3. The number of nitriles is 1. The zero-order valence-electron chi connectivity index (χ0n) is 37.0. The second-order valence-corrected chi connectivity index (χ2v) is 18.5. The molecule has 2 aromatic rings. The molecule has 2 N–H and O–H groups in total. The van der Waals surface area contributed by atoms with Crippen molar-refractivity contribution >= 4 is 80.8 Å². The smallest absolute Gasteiger partial charge is 0.662 e. The Morgan fingerprint density at radius 1 is 0.889 bits per heavy atom. The topological polar surface area (TPSA) is 179 Å². The van der Waals surface area contributed by atoms with Crippen LogP contribution in [0.15, 0.2) is 36.4 Å². The van der Waals surface area contributed by atoms with Crippen molar-refractivity contribution in [1.29, 1.82) is 5.26 Å². The number of fused-ring (bicyclic) bond motifs is 2. The number of benzene rings is 2. The summed E-state index contributed by atoms with van der Waals surface area (Å²) in [7, 11) is 3.51. The van der Waals surface area contributed by atoms with Crippen LogP contribution in [0.1, 0.15) is 101 Å². The molecule has 0 aromatic heterocycles. The van der Waals surface area contributed by atoms with Crippen LogP contribution in [0.2, 0.25) is 0 Å². The van der Waals surface area contributed by atoms with Crippen molar-refractivity contribution < 1.29 is 73.0 Å². The Balaban J connectivity index is 0.000000366. The second-order valence-electron chi connectivity index (χ2n) is 15.7. The minimum atomic E-state index is -1.20. The number of nitrogens with two attached hydrogens (primary N) is 1. The summed E-state index contributed by atoms with van der Waals surface area (Å²) in [4.78, 5) is 44.9. The summed E-state index contributed by atoms with van der Waals surface area (Å²) in [5.74, 6) is -0.0398. The quantitative estimate of drug-likeness (QED) is 0.0344. The summed E-state index contributed by atoms with van der Waals surface area (Å²) in [5, 5.41) is 20.4. The zero-order chi connectivity index (χ0) is 46.3. The molecule has 4 aliphatic carbocycles. The molecule has 0 heterocycles. The molecule has 2 fully saturated rings. The Hall–Kier alpha value is -2.82. The van der Waals surface area contributed by atoms with Crippen molar-refractivity contribution in [1.82, 2.24) is 0 Å². The van der Waals surface area contributed by atoms with E-state index >= 15 is 0 Å². The van der Waals surface area contributed by atoms with Crippen LogP contribution in [0.25, 0.3) is 9.69 Å². The molecule has 0 radical (unpaired) electrons. The van der Waals surface area contributed by atoms with E-state index in [4.69, 9.17) is 71.1 Å². The van der Waals surface area contributed by atoms with Gasteiger partial charge in [0, 0.05) is 25.0 Å². The van der Waals surface area contributed by atoms with Crippen molar-refractivity contribution in [3.63, 3.8) is 0 Å². The van der Waals surface area contributed by atoms with E-state index in [2.05, 4.69) is 46.0 Å². The van der Waals surface area contributed by atoms with E-state index in [1.165, 1.54) is 0 Å². The first-order chi connectivity index (χ1) is 29.6. The number of ether oxygens (including phenoxy) is 4. The largest absolute Gasteiger partial charge is 1.00 e. The molecule has 2 saturated carbocycles. The molecular formula is C45H55Cl2N4NaO9S2. The van der Waals surface area contributed by atoms with Crippen LogP contribution in [0.3, 0.4) is 0 Å². The summed E-state index contributed by atoms with van der Waals surface area (Å²) < 4.78 is 21.2. The fourth-order valence-corrected chi connectivity index (χ4v) is 11.5. The summed E-state index contributed by atoms with van der Waals surface area (Å²) in [6.45, 7) is 23.0. The number of thioether (sulfide) groups is 1. The zero-order valence-corrected chi connectivity index (χ0v) is 42.1. The number of thiocarbonyl (C=S) groups is 1. The van der Waals surface area contributed by atoms with E-state index in [1.807, 2.05) is 18.2 Å². The van der Waals surface area contributed by atoms with Crippen LogP contribution in [-0.2, 0) is 61.3 Å². The van der Waals surface area contributed by atoms with Crippen molar-refractivity contribution in [2.24, 2.45) is 28.4 Å². The van der Waals surface area contributed by atoms with E-state index in [9.17, 15) is 14.9 Å². The molecule has 0 bridgehead atoms. The van der Waals surface area contributed by atoms with Crippen LogP contribution >= 0.6 is 47.2 Å². The first kappa shape index (κ1) is 56.3. The third kappa shape index (κ3) is 11.8. The first-order valence-electron chi connectivity index (χ1n) is 20.5. The molecule has 0 unspecified atom stereocenters. The van der Waals surface area contributed by atoms with Crippen molar-refractivity contribution in [3.05, 3.63) is 81.5 Å². The summed E-state index contributed by atoms with van der Waals surface area (Å²) in [6, 6.07) is 11.1. The van der Waals surface area contributed by atoms with Crippen LogP contribution in [0, 0.1) is 46.5 Å². The molecule has 18 heteroatoms. The maximum Gasteiger partial charge on any atom is 1.00 e. The van der Waals surface area contributed by atoms with Gasteiger partial charge in [0.05, 0.1) is 38.6 Å². The SMILES string of the molecule is O=CO[O-].S=C(Cl)Cl.[C-]#[N+]c1ccc2c(c1)[C@@](N)(C(=O)OCC)[C@]1(CC[C@H](OC)[C@@H](CC)C1)C2.[C-]#[N+]c1ccc2c(c1)[C@@](SC#N)(C(=O)OCC)[C@]1(CC[C@H](OC)[C@@H](CC)C1)C2.[Na+]. The van der Waals surface area contributed by atoms with Gasteiger partial charge in [-0.25, -0.2) is 14.5 Å². The van der Waals surface area contributed by atoms with Gasteiger partial charge in [-0.1, -0.05) is 98.5 Å². The Labute approximate surface area is 413 Å². The monoisotopic (exact) mass is 952 g/mol. The number of esters is 2. The van der Waals surface area contributed by atoms with Gasteiger partial charge in [-0.05, 0) is 111 Å². The van der Waals surface area contributed by atoms with Gasteiger partial charge in [-0.3, -0.25) is 9.59 Å². The van der Waals surface area contributed by atoms with Crippen molar-refractivity contribution in [2.45, 2.75) is 114 Å². The van der Waals surface area contributed by atoms with Crippen LogP contribution < -0.4 is 40.5 Å². The standard InChI is InChI=1S/C22H26N2O3S.C21H28N2O3.CCl2S.CH2O3.Na/c1-5-15-12-21(10-9-19(15)26-4)13-16-7-8-17(24-3)11-18(16)22(21,28-14-23)20(25)27-6-2;1-5-14-12-20(10-9-18(14)25-4)13-15-7-8-16(23-3)11-17(15)21(20,22)19(24)26-6-2;2-1(3)4;2-1-4-3;/h7-8,11,15,19H,5-6,9-10,12-13H2,1-2,4H3;7-8,11,14,18H,5-6,9-10,12-13,22H2,1-2,4H3;;1,3H;/q;;;;+1/p-1/t15-,19-,21-,22+;14-,18-,20-,21+;;;/m00.../s1. The van der Waals surface area contributed by atoms with E-state index < -0.39 is 15.7 Å². The average molecular weight is 954 g/mol. The number of carbonyl (C=O) groups is 3. The number of halogens is 2. The van der Waals surface area contributed by atoms with Gasteiger partial charge in [0.25, 0.3) is 6.47 Å². The fourth-order valence-electron chi connectivity index (χ4n) is 10.5. The number of methoxy groups -OCH3 is 2. The third-order valence-corrected chi connectivity index (χ3v) is 14.3. The molecule has 8 atom stereocenters. The van der Waals surface area contributed by atoms with Crippen molar-refractivity contribution in [2.75, 3.05) is 27.4 Å². The van der Waals surface area contributed by atoms with E-state index in [-0.39, 0.29) is 76.0 Å².